The molecule has 5 aromatic carbocycles. The number of benzene rings is 5. The van der Waals surface area contributed by atoms with Gasteiger partial charge in [-0.15, -0.1) is 0 Å². The summed E-state index contributed by atoms with van der Waals surface area (Å²) < 4.78 is 6.54. The SMILES string of the molecule is CC1(C)c2ccc(Nc3ccc(-c4ccccc4)cc3)cc2Oc2c1ccc1ccccc21. The second kappa shape index (κ2) is 7.53. The van der Waals surface area contributed by atoms with Crippen LogP contribution in [-0.2, 0) is 5.41 Å². The average Bonchev–Trinajstić information content (AvgIpc) is 2.85. The number of hydrogen-bond acceptors (Lipinski definition) is 2. The molecule has 1 heterocycles. The van der Waals surface area contributed by atoms with Crippen molar-refractivity contribution in [2.45, 2.75) is 19.3 Å². The Morgan fingerprint density at radius 1 is 0.606 bits per heavy atom. The Labute approximate surface area is 194 Å². The molecular formula is C31H25NO. The van der Waals surface area contributed by atoms with Gasteiger partial charge in [0, 0.05) is 39.4 Å². The summed E-state index contributed by atoms with van der Waals surface area (Å²) in [7, 11) is 0. The lowest BCUT2D eigenvalue weighted by Crippen LogP contribution is -2.24. The molecule has 0 fully saturated rings. The number of fused-ring (bicyclic) bond motifs is 4. The van der Waals surface area contributed by atoms with Gasteiger partial charge in [0.15, 0.2) is 0 Å². The van der Waals surface area contributed by atoms with Gasteiger partial charge in [0.05, 0.1) is 0 Å². The van der Waals surface area contributed by atoms with Crippen molar-refractivity contribution in [3.05, 3.63) is 120 Å². The van der Waals surface area contributed by atoms with E-state index in [0.717, 1.165) is 28.3 Å². The van der Waals surface area contributed by atoms with Crippen LogP contribution in [0.15, 0.2) is 109 Å². The molecule has 2 heteroatoms. The van der Waals surface area contributed by atoms with Gasteiger partial charge < -0.3 is 10.1 Å². The Morgan fingerprint density at radius 2 is 1.27 bits per heavy atom. The van der Waals surface area contributed by atoms with E-state index < -0.39 is 0 Å². The van der Waals surface area contributed by atoms with Gasteiger partial charge in [-0.3, -0.25) is 0 Å². The molecule has 0 spiro atoms. The lowest BCUT2D eigenvalue weighted by Gasteiger charge is -2.35. The number of anilines is 2. The second-order valence-electron chi connectivity index (χ2n) is 9.17. The Kier molecular flexibility index (Phi) is 4.48. The molecule has 1 N–H and O–H groups in total. The third-order valence-corrected chi connectivity index (χ3v) is 6.70. The van der Waals surface area contributed by atoms with Crippen LogP contribution in [0.2, 0.25) is 0 Å². The molecule has 0 unspecified atom stereocenters. The predicted molar refractivity (Wildman–Crippen MR) is 138 cm³/mol. The first-order chi connectivity index (χ1) is 16.1. The van der Waals surface area contributed by atoms with E-state index in [1.807, 2.05) is 6.07 Å². The van der Waals surface area contributed by atoms with E-state index in [9.17, 15) is 0 Å². The lowest BCUT2D eigenvalue weighted by atomic mass is 9.75. The molecule has 33 heavy (non-hydrogen) atoms. The van der Waals surface area contributed by atoms with Crippen LogP contribution in [0.4, 0.5) is 11.4 Å². The van der Waals surface area contributed by atoms with Crippen LogP contribution in [0.25, 0.3) is 21.9 Å². The third kappa shape index (κ3) is 3.35. The van der Waals surface area contributed by atoms with Gasteiger partial charge in [-0.25, -0.2) is 0 Å². The number of nitrogens with one attached hydrogen (secondary N) is 1. The van der Waals surface area contributed by atoms with Crippen LogP contribution in [0.3, 0.4) is 0 Å². The Morgan fingerprint density at radius 3 is 2.09 bits per heavy atom. The van der Waals surface area contributed by atoms with Gasteiger partial charge in [-0.1, -0.05) is 98.8 Å². The summed E-state index contributed by atoms with van der Waals surface area (Å²) in [5.74, 6) is 1.88. The van der Waals surface area contributed by atoms with Crippen molar-refractivity contribution in [1.82, 2.24) is 0 Å². The van der Waals surface area contributed by atoms with E-state index in [0.29, 0.717) is 0 Å². The molecule has 1 aliphatic rings. The molecule has 5 aromatic rings. The molecule has 0 bridgehead atoms. The maximum atomic E-state index is 6.54. The van der Waals surface area contributed by atoms with Gasteiger partial charge in [0.25, 0.3) is 0 Å². The highest BCUT2D eigenvalue weighted by Crippen LogP contribution is 2.51. The monoisotopic (exact) mass is 427 g/mol. The summed E-state index contributed by atoms with van der Waals surface area (Å²) >= 11 is 0. The topological polar surface area (TPSA) is 21.3 Å². The first kappa shape index (κ1) is 19.6. The number of ether oxygens (including phenoxy) is 1. The first-order valence-corrected chi connectivity index (χ1v) is 11.4. The van der Waals surface area contributed by atoms with Crippen molar-refractivity contribution in [3.8, 4) is 22.6 Å². The Balaban J connectivity index is 1.33. The minimum Gasteiger partial charge on any atom is -0.456 e. The highest BCUT2D eigenvalue weighted by Gasteiger charge is 2.35. The minimum atomic E-state index is -0.136. The third-order valence-electron chi connectivity index (χ3n) is 6.70. The zero-order valence-electron chi connectivity index (χ0n) is 18.8. The van der Waals surface area contributed by atoms with E-state index in [-0.39, 0.29) is 5.41 Å². The summed E-state index contributed by atoms with van der Waals surface area (Å²) in [4.78, 5) is 0. The zero-order valence-corrected chi connectivity index (χ0v) is 18.8. The minimum absolute atomic E-state index is 0.136. The maximum absolute atomic E-state index is 6.54. The zero-order chi connectivity index (χ0) is 22.4. The molecule has 160 valence electrons. The van der Waals surface area contributed by atoms with Crippen LogP contribution in [0.5, 0.6) is 11.5 Å². The molecule has 0 aliphatic carbocycles. The van der Waals surface area contributed by atoms with Crippen LogP contribution in [0.1, 0.15) is 25.0 Å². The van der Waals surface area contributed by atoms with Gasteiger partial charge in [-0.2, -0.15) is 0 Å². The first-order valence-electron chi connectivity index (χ1n) is 11.4. The van der Waals surface area contributed by atoms with Crippen LogP contribution in [-0.4, -0.2) is 0 Å². The summed E-state index contributed by atoms with van der Waals surface area (Å²) in [6, 6.07) is 38.3. The van der Waals surface area contributed by atoms with Gasteiger partial charge >= 0.3 is 0 Å². The summed E-state index contributed by atoms with van der Waals surface area (Å²) in [6.07, 6.45) is 0. The number of rotatable bonds is 3. The van der Waals surface area contributed by atoms with Crippen molar-refractivity contribution < 1.29 is 4.74 Å². The van der Waals surface area contributed by atoms with Crippen molar-refractivity contribution in [2.75, 3.05) is 5.32 Å². The van der Waals surface area contributed by atoms with E-state index in [1.54, 1.807) is 0 Å². The van der Waals surface area contributed by atoms with Gasteiger partial charge in [0.1, 0.15) is 11.5 Å². The van der Waals surface area contributed by atoms with E-state index in [1.165, 1.54) is 27.6 Å². The van der Waals surface area contributed by atoms with Crippen LogP contribution < -0.4 is 10.1 Å². The molecule has 1 aliphatic heterocycles. The lowest BCUT2D eigenvalue weighted by molar-refractivity contribution is 0.423. The summed E-state index contributed by atoms with van der Waals surface area (Å²) in [6.45, 7) is 4.55. The highest BCUT2D eigenvalue weighted by molar-refractivity contribution is 5.91. The fourth-order valence-corrected chi connectivity index (χ4v) is 4.84. The van der Waals surface area contributed by atoms with Crippen molar-refractivity contribution in [3.63, 3.8) is 0 Å². The molecule has 0 radical (unpaired) electrons. The average molecular weight is 428 g/mol. The molecular weight excluding hydrogens is 402 g/mol. The Hall–Kier alpha value is -4.04. The molecule has 0 aromatic heterocycles. The fourth-order valence-electron chi connectivity index (χ4n) is 4.84. The van der Waals surface area contributed by atoms with E-state index in [2.05, 4.69) is 122 Å². The number of hydrogen-bond donors (Lipinski definition) is 1. The molecule has 2 nitrogen and oxygen atoms in total. The smallest absolute Gasteiger partial charge is 0.139 e. The van der Waals surface area contributed by atoms with Crippen LogP contribution >= 0.6 is 0 Å². The standard InChI is InChI=1S/C31H25NO/c1-31(2)27-19-17-25(32-24-15-12-22(13-16-24)21-8-4-3-5-9-21)20-29(27)33-30-26-11-7-6-10-23(26)14-18-28(30)31/h3-20,32H,1-2H3. The molecule has 0 amide bonds. The van der Waals surface area contributed by atoms with Crippen molar-refractivity contribution in [2.24, 2.45) is 0 Å². The summed E-state index contributed by atoms with van der Waals surface area (Å²) in [5.41, 5.74) is 6.79. The Bertz CT molecular complexity index is 1470. The van der Waals surface area contributed by atoms with Gasteiger partial charge in [0.2, 0.25) is 0 Å². The maximum Gasteiger partial charge on any atom is 0.139 e. The fraction of sp³-hybridized carbons (Fsp3) is 0.0968. The van der Waals surface area contributed by atoms with Crippen LogP contribution in [0, 0.1) is 0 Å². The largest absolute Gasteiger partial charge is 0.456 e. The summed E-state index contributed by atoms with van der Waals surface area (Å²) in [5, 5.41) is 5.89. The molecule has 6 rings (SSSR count). The molecule has 0 saturated carbocycles. The molecule has 0 saturated heterocycles. The quantitative estimate of drug-likeness (QED) is 0.311. The predicted octanol–water partition coefficient (Wildman–Crippen LogP) is 8.68. The second-order valence-corrected chi connectivity index (χ2v) is 9.17. The van der Waals surface area contributed by atoms with E-state index >= 15 is 0 Å². The molecule has 0 atom stereocenters. The highest BCUT2D eigenvalue weighted by atomic mass is 16.5. The van der Waals surface area contributed by atoms with Crippen molar-refractivity contribution >= 4 is 22.1 Å². The van der Waals surface area contributed by atoms with E-state index in [4.69, 9.17) is 4.74 Å². The normalized spacial score (nSPS) is 13.6. The van der Waals surface area contributed by atoms with Gasteiger partial charge in [-0.05, 0) is 34.7 Å². The van der Waals surface area contributed by atoms with Crippen molar-refractivity contribution in [1.29, 1.82) is 0 Å².